The van der Waals surface area contributed by atoms with Gasteiger partial charge in [-0.15, -0.1) is 0 Å². The van der Waals surface area contributed by atoms with Crippen molar-refractivity contribution in [1.82, 2.24) is 9.88 Å². The van der Waals surface area contributed by atoms with Gasteiger partial charge in [-0.05, 0) is 38.1 Å². The van der Waals surface area contributed by atoms with Crippen LogP contribution < -0.4 is 14.5 Å². The molecule has 0 N–H and O–H groups in total. The molecule has 1 atom stereocenters. The molecule has 2 rings (SSSR count). The number of methoxy groups -OCH3 is 1. The Labute approximate surface area is 195 Å². The number of anilines is 1. The molecule has 170 valence electrons. The number of carbonyl (C=O) groups excluding carboxylic acids is 1. The van der Waals surface area contributed by atoms with E-state index in [0.29, 0.717) is 34.4 Å². The largest absolute Gasteiger partial charge is 0.497 e. The molecule has 0 fully saturated rings. The van der Waals surface area contributed by atoms with Gasteiger partial charge >= 0.3 is 0 Å². The smallest absolute Gasteiger partial charge is 0.256 e. The van der Waals surface area contributed by atoms with Gasteiger partial charge < -0.3 is 14.4 Å². The number of nitrogens with zero attached hydrogens (tertiary/aromatic N) is 4. The van der Waals surface area contributed by atoms with Crippen molar-refractivity contribution in [3.63, 3.8) is 0 Å². The van der Waals surface area contributed by atoms with Crippen molar-refractivity contribution < 1.29 is 14.3 Å². The van der Waals surface area contributed by atoms with E-state index in [0.717, 1.165) is 6.42 Å². The third-order valence-corrected chi connectivity index (χ3v) is 4.89. The maximum Gasteiger partial charge on any atom is 0.256 e. The highest BCUT2D eigenvalue weighted by molar-refractivity contribution is 6.30. The van der Waals surface area contributed by atoms with Gasteiger partial charge in [-0.25, -0.2) is 4.98 Å². The Morgan fingerprint density at radius 2 is 2.09 bits per heavy atom. The molecule has 1 amide bonds. The standard InChI is InChI=1S/C24H29ClN4O3/c1-6-8-9-14-27-28(4)22-12-11-20(31-5)15-21(22)24(30)29(7-2)18(3)17-32-23-13-10-19(25)16-26-23/h10-16,18H,6-7,17H2,1-5H3/b27-14-. The van der Waals surface area contributed by atoms with Gasteiger partial charge in [0.15, 0.2) is 0 Å². The lowest BCUT2D eigenvalue weighted by Gasteiger charge is -2.29. The van der Waals surface area contributed by atoms with Crippen molar-refractivity contribution in [2.45, 2.75) is 33.2 Å². The number of amides is 1. The summed E-state index contributed by atoms with van der Waals surface area (Å²) in [5, 5.41) is 6.49. The van der Waals surface area contributed by atoms with E-state index in [2.05, 4.69) is 21.9 Å². The number of ether oxygens (including phenoxy) is 2. The summed E-state index contributed by atoms with van der Waals surface area (Å²) in [5.41, 5.74) is 1.13. The first-order valence-electron chi connectivity index (χ1n) is 10.4. The van der Waals surface area contributed by atoms with Gasteiger partial charge in [0.2, 0.25) is 5.88 Å². The number of hydrazone groups is 1. The number of rotatable bonds is 9. The number of carbonyl (C=O) groups is 1. The molecule has 0 aliphatic heterocycles. The van der Waals surface area contributed by atoms with E-state index in [1.54, 1.807) is 48.3 Å². The Morgan fingerprint density at radius 1 is 1.31 bits per heavy atom. The number of pyridine rings is 1. The summed E-state index contributed by atoms with van der Waals surface area (Å²) in [6, 6.07) is 8.53. The second-order valence-corrected chi connectivity index (χ2v) is 7.33. The van der Waals surface area contributed by atoms with E-state index < -0.39 is 0 Å². The van der Waals surface area contributed by atoms with Gasteiger partial charge in [0.05, 0.1) is 35.6 Å². The summed E-state index contributed by atoms with van der Waals surface area (Å²) in [6.07, 6.45) is 3.79. The predicted molar refractivity (Wildman–Crippen MR) is 129 cm³/mol. The summed E-state index contributed by atoms with van der Waals surface area (Å²) in [6.45, 7) is 6.62. The molecular formula is C24H29ClN4O3. The van der Waals surface area contributed by atoms with Gasteiger partial charge in [-0.3, -0.25) is 9.80 Å². The highest BCUT2D eigenvalue weighted by atomic mass is 35.5. The monoisotopic (exact) mass is 456 g/mol. The lowest BCUT2D eigenvalue weighted by Crippen LogP contribution is -2.42. The minimum absolute atomic E-state index is 0.150. The highest BCUT2D eigenvalue weighted by Gasteiger charge is 2.25. The Bertz CT molecular complexity index is 983. The fourth-order valence-electron chi connectivity index (χ4n) is 2.97. The van der Waals surface area contributed by atoms with Gasteiger partial charge in [0.25, 0.3) is 5.91 Å². The number of hydrogen-bond donors (Lipinski definition) is 0. The molecule has 0 aliphatic rings. The molecule has 1 heterocycles. The lowest BCUT2D eigenvalue weighted by atomic mass is 10.1. The number of halogens is 1. The number of likely N-dealkylation sites (N-methyl/N-ethyl adjacent to an activating group) is 1. The van der Waals surface area contributed by atoms with Crippen molar-refractivity contribution in [3.05, 3.63) is 47.1 Å². The van der Waals surface area contributed by atoms with E-state index in [1.807, 2.05) is 26.8 Å². The number of benzene rings is 1. The summed E-state index contributed by atoms with van der Waals surface area (Å²) < 4.78 is 11.1. The average Bonchev–Trinajstić information content (AvgIpc) is 2.81. The normalized spacial score (nSPS) is 11.4. The first-order chi connectivity index (χ1) is 15.4. The van der Waals surface area contributed by atoms with Crippen LogP contribution in [0.15, 0.2) is 41.6 Å². The van der Waals surface area contributed by atoms with Gasteiger partial charge in [0, 0.05) is 32.3 Å². The van der Waals surface area contributed by atoms with Crippen LogP contribution in [0.2, 0.25) is 5.02 Å². The van der Waals surface area contributed by atoms with Crippen LogP contribution in [0.1, 0.15) is 37.6 Å². The van der Waals surface area contributed by atoms with Gasteiger partial charge in [0.1, 0.15) is 12.4 Å². The van der Waals surface area contributed by atoms with Crippen LogP contribution in [0.5, 0.6) is 11.6 Å². The Hall–Kier alpha value is -3.24. The van der Waals surface area contributed by atoms with Crippen LogP contribution in [-0.2, 0) is 0 Å². The second-order valence-electron chi connectivity index (χ2n) is 6.89. The van der Waals surface area contributed by atoms with Crippen LogP contribution in [-0.4, -0.2) is 55.4 Å². The van der Waals surface area contributed by atoms with Crippen LogP contribution in [0.3, 0.4) is 0 Å². The molecule has 0 saturated carbocycles. The highest BCUT2D eigenvalue weighted by Crippen LogP contribution is 2.27. The van der Waals surface area contributed by atoms with Crippen molar-refractivity contribution >= 4 is 29.4 Å². The van der Waals surface area contributed by atoms with Gasteiger partial charge in [-0.2, -0.15) is 5.10 Å². The van der Waals surface area contributed by atoms with E-state index in [9.17, 15) is 4.79 Å². The molecule has 0 bridgehead atoms. The predicted octanol–water partition coefficient (Wildman–Crippen LogP) is 4.51. The maximum absolute atomic E-state index is 13.5. The van der Waals surface area contributed by atoms with Gasteiger partial charge in [-0.1, -0.05) is 30.4 Å². The number of hydrogen-bond acceptors (Lipinski definition) is 6. The average molecular weight is 457 g/mol. The molecule has 1 aromatic carbocycles. The molecule has 0 spiro atoms. The Balaban J connectivity index is 2.24. The molecule has 32 heavy (non-hydrogen) atoms. The summed E-state index contributed by atoms with van der Waals surface area (Å²) in [4.78, 5) is 19.4. The fraction of sp³-hybridized carbons (Fsp3) is 0.375. The SMILES string of the molecule is CCC#C/C=N\N(C)c1ccc(OC)cc1C(=O)N(CC)C(C)COc1ccc(Cl)cn1. The van der Waals surface area contributed by atoms with Crippen molar-refractivity contribution in [2.75, 3.05) is 32.3 Å². The van der Waals surface area contributed by atoms with Crippen LogP contribution in [0, 0.1) is 11.8 Å². The zero-order valence-electron chi connectivity index (χ0n) is 19.1. The molecule has 1 aromatic heterocycles. The van der Waals surface area contributed by atoms with E-state index in [1.165, 1.54) is 12.4 Å². The fourth-order valence-corrected chi connectivity index (χ4v) is 3.09. The molecule has 0 radical (unpaired) electrons. The summed E-state index contributed by atoms with van der Waals surface area (Å²) in [5.74, 6) is 6.69. The molecule has 1 unspecified atom stereocenters. The van der Waals surface area contributed by atoms with Crippen molar-refractivity contribution in [3.8, 4) is 23.5 Å². The minimum atomic E-state index is -0.201. The number of aromatic nitrogens is 1. The summed E-state index contributed by atoms with van der Waals surface area (Å²) in [7, 11) is 3.34. The van der Waals surface area contributed by atoms with E-state index in [-0.39, 0.29) is 18.6 Å². The molecule has 8 heteroatoms. The van der Waals surface area contributed by atoms with E-state index in [4.69, 9.17) is 21.1 Å². The van der Waals surface area contributed by atoms with Crippen molar-refractivity contribution in [2.24, 2.45) is 5.10 Å². The van der Waals surface area contributed by atoms with Crippen molar-refractivity contribution in [1.29, 1.82) is 0 Å². The first kappa shape index (κ1) is 25.0. The minimum Gasteiger partial charge on any atom is -0.497 e. The molecule has 0 aliphatic carbocycles. The second kappa shape index (κ2) is 12.6. The Kier molecular flexibility index (Phi) is 9.83. The maximum atomic E-state index is 13.5. The molecule has 7 nitrogen and oxygen atoms in total. The topological polar surface area (TPSA) is 67.3 Å². The zero-order valence-corrected chi connectivity index (χ0v) is 19.9. The third kappa shape index (κ3) is 6.89. The van der Waals surface area contributed by atoms with E-state index >= 15 is 0 Å². The quantitative estimate of drug-likeness (QED) is 0.315. The lowest BCUT2D eigenvalue weighted by molar-refractivity contribution is 0.0646. The zero-order chi connectivity index (χ0) is 23.5. The van der Waals surface area contributed by atoms with Crippen LogP contribution in [0.4, 0.5) is 5.69 Å². The summed E-state index contributed by atoms with van der Waals surface area (Å²) >= 11 is 5.87. The molecule has 0 saturated heterocycles. The first-order valence-corrected chi connectivity index (χ1v) is 10.8. The molecule has 2 aromatic rings. The van der Waals surface area contributed by atoms with Crippen LogP contribution >= 0.6 is 11.6 Å². The van der Waals surface area contributed by atoms with Crippen LogP contribution in [0.25, 0.3) is 0 Å². The molecular weight excluding hydrogens is 428 g/mol. The third-order valence-electron chi connectivity index (χ3n) is 4.66. The Morgan fingerprint density at radius 3 is 2.72 bits per heavy atom.